The number of likely N-dealkylation sites (tertiary alicyclic amines) is 1. The van der Waals surface area contributed by atoms with Gasteiger partial charge in [-0.15, -0.1) is 0 Å². The number of hydrogen-bond donors (Lipinski definition) is 2. The maximum atomic E-state index is 11.4. The third-order valence-corrected chi connectivity index (χ3v) is 4.70. The lowest BCUT2D eigenvalue weighted by atomic mass is 9.94. The smallest absolute Gasteiger partial charge is 0.336 e. The molecule has 6 heteroatoms. The molecule has 2 aromatic heterocycles. The minimum absolute atomic E-state index is 0.252. The molecule has 0 atom stereocenters. The summed E-state index contributed by atoms with van der Waals surface area (Å²) in [5, 5.41) is 16.5. The maximum Gasteiger partial charge on any atom is 0.336 e. The topological polar surface area (TPSA) is 82.4 Å². The average Bonchev–Trinajstić information content (AvgIpc) is 3.19. The van der Waals surface area contributed by atoms with E-state index in [-0.39, 0.29) is 5.56 Å². The van der Waals surface area contributed by atoms with Gasteiger partial charge < -0.3 is 9.52 Å². The van der Waals surface area contributed by atoms with Crippen LogP contribution in [0, 0.1) is 6.92 Å². The number of hydrogen-bond acceptors (Lipinski definition) is 4. The zero-order valence-corrected chi connectivity index (χ0v) is 13.9. The Labute approximate surface area is 145 Å². The highest BCUT2D eigenvalue weighted by molar-refractivity contribution is 5.95. The molecule has 0 saturated carbocycles. The predicted octanol–water partition coefficient (Wildman–Crippen LogP) is 3.28. The summed E-state index contributed by atoms with van der Waals surface area (Å²) in [5.41, 5.74) is 3.28. The number of aromatic amines is 1. The SMILES string of the molecule is Cc1cn[nH]c1C1CN(Cc2ccc(-c3ccccc3C(=O)O)o2)C1. The van der Waals surface area contributed by atoms with E-state index in [0.29, 0.717) is 17.2 Å². The van der Waals surface area contributed by atoms with Crippen molar-refractivity contribution in [1.29, 1.82) is 0 Å². The monoisotopic (exact) mass is 337 g/mol. The second kappa shape index (κ2) is 6.22. The van der Waals surface area contributed by atoms with E-state index in [4.69, 9.17) is 4.42 Å². The molecule has 0 aliphatic carbocycles. The van der Waals surface area contributed by atoms with Gasteiger partial charge in [0.05, 0.1) is 18.3 Å². The van der Waals surface area contributed by atoms with Gasteiger partial charge in [-0.25, -0.2) is 4.79 Å². The van der Waals surface area contributed by atoms with Crippen LogP contribution in [0.5, 0.6) is 0 Å². The molecule has 4 rings (SSSR count). The quantitative estimate of drug-likeness (QED) is 0.746. The number of carbonyl (C=O) groups is 1. The van der Waals surface area contributed by atoms with E-state index in [1.807, 2.05) is 24.4 Å². The summed E-state index contributed by atoms with van der Waals surface area (Å²) in [6, 6.07) is 10.7. The molecule has 0 radical (unpaired) electrons. The number of H-pyrrole nitrogens is 1. The number of carboxylic acids is 1. The molecule has 2 N–H and O–H groups in total. The number of aromatic nitrogens is 2. The van der Waals surface area contributed by atoms with Crippen LogP contribution >= 0.6 is 0 Å². The molecule has 1 fully saturated rings. The van der Waals surface area contributed by atoms with Crippen molar-refractivity contribution in [2.45, 2.75) is 19.4 Å². The molecule has 3 heterocycles. The van der Waals surface area contributed by atoms with Crippen molar-refractivity contribution in [2.75, 3.05) is 13.1 Å². The summed E-state index contributed by atoms with van der Waals surface area (Å²) in [6.45, 7) is 4.72. The lowest BCUT2D eigenvalue weighted by molar-refractivity contribution is 0.0697. The molecule has 25 heavy (non-hydrogen) atoms. The molecule has 3 aromatic rings. The van der Waals surface area contributed by atoms with Crippen LogP contribution in [-0.2, 0) is 6.54 Å². The van der Waals surface area contributed by atoms with E-state index in [0.717, 1.165) is 25.4 Å². The van der Waals surface area contributed by atoms with Gasteiger partial charge in [-0.1, -0.05) is 18.2 Å². The molecule has 1 saturated heterocycles. The van der Waals surface area contributed by atoms with Crippen LogP contribution in [0.1, 0.15) is 33.3 Å². The molecule has 1 aliphatic rings. The Hall–Kier alpha value is -2.86. The fraction of sp³-hybridized carbons (Fsp3) is 0.263. The van der Waals surface area contributed by atoms with Gasteiger partial charge in [0, 0.05) is 30.3 Å². The number of carboxylic acid groups (broad SMARTS) is 1. The number of aryl methyl sites for hydroxylation is 1. The Morgan fingerprint density at radius 1 is 1.32 bits per heavy atom. The van der Waals surface area contributed by atoms with Crippen LogP contribution in [0.3, 0.4) is 0 Å². The van der Waals surface area contributed by atoms with E-state index in [2.05, 4.69) is 22.0 Å². The second-order valence-corrected chi connectivity index (χ2v) is 6.47. The lowest BCUT2D eigenvalue weighted by Crippen LogP contribution is -2.44. The zero-order chi connectivity index (χ0) is 17.4. The third kappa shape index (κ3) is 2.96. The second-order valence-electron chi connectivity index (χ2n) is 6.47. The van der Waals surface area contributed by atoms with Crippen molar-refractivity contribution in [1.82, 2.24) is 15.1 Å². The minimum atomic E-state index is -0.950. The van der Waals surface area contributed by atoms with Crippen molar-refractivity contribution >= 4 is 5.97 Å². The van der Waals surface area contributed by atoms with Crippen LogP contribution < -0.4 is 0 Å². The molecule has 6 nitrogen and oxygen atoms in total. The first kappa shape index (κ1) is 15.7. The van der Waals surface area contributed by atoms with E-state index < -0.39 is 5.97 Å². The molecule has 0 unspecified atom stereocenters. The summed E-state index contributed by atoms with van der Waals surface area (Å²) < 4.78 is 5.89. The number of nitrogens with zero attached hydrogens (tertiary/aromatic N) is 2. The van der Waals surface area contributed by atoms with Gasteiger partial charge in [0.15, 0.2) is 0 Å². The number of nitrogens with one attached hydrogen (secondary N) is 1. The van der Waals surface area contributed by atoms with Crippen LogP contribution in [0.15, 0.2) is 47.0 Å². The van der Waals surface area contributed by atoms with Crippen LogP contribution in [0.2, 0.25) is 0 Å². The van der Waals surface area contributed by atoms with Crippen molar-refractivity contribution < 1.29 is 14.3 Å². The Kier molecular flexibility index (Phi) is 3.89. The molecule has 128 valence electrons. The standard InChI is InChI=1S/C19H19N3O3/c1-12-8-20-21-18(12)13-9-22(10-13)11-14-6-7-17(25-14)15-4-2-3-5-16(15)19(23)24/h2-8,13H,9-11H2,1H3,(H,20,21)(H,23,24). The summed E-state index contributed by atoms with van der Waals surface area (Å²) in [5.74, 6) is 0.975. The van der Waals surface area contributed by atoms with Gasteiger partial charge in [0.25, 0.3) is 0 Å². The summed E-state index contributed by atoms with van der Waals surface area (Å²) in [4.78, 5) is 13.7. The molecule has 1 aromatic carbocycles. The summed E-state index contributed by atoms with van der Waals surface area (Å²) in [6.07, 6.45) is 1.86. The Balaban J connectivity index is 1.43. The van der Waals surface area contributed by atoms with Crippen LogP contribution in [-0.4, -0.2) is 39.3 Å². The Morgan fingerprint density at radius 3 is 2.84 bits per heavy atom. The van der Waals surface area contributed by atoms with Gasteiger partial charge in [-0.3, -0.25) is 10.00 Å². The van der Waals surface area contributed by atoms with E-state index in [9.17, 15) is 9.90 Å². The van der Waals surface area contributed by atoms with Gasteiger partial charge in [-0.05, 0) is 30.7 Å². The summed E-state index contributed by atoms with van der Waals surface area (Å²) in [7, 11) is 0. The van der Waals surface area contributed by atoms with Crippen LogP contribution in [0.4, 0.5) is 0 Å². The molecule has 0 spiro atoms. The highest BCUT2D eigenvalue weighted by Crippen LogP contribution is 2.31. The number of benzene rings is 1. The molecule has 0 amide bonds. The van der Waals surface area contributed by atoms with Crippen molar-refractivity contribution in [3.63, 3.8) is 0 Å². The van der Waals surface area contributed by atoms with Crippen LogP contribution in [0.25, 0.3) is 11.3 Å². The first-order chi connectivity index (χ1) is 12.1. The number of aromatic carboxylic acids is 1. The first-order valence-corrected chi connectivity index (χ1v) is 8.25. The first-order valence-electron chi connectivity index (χ1n) is 8.25. The van der Waals surface area contributed by atoms with E-state index >= 15 is 0 Å². The lowest BCUT2D eigenvalue weighted by Gasteiger charge is -2.38. The fourth-order valence-electron chi connectivity index (χ4n) is 3.36. The van der Waals surface area contributed by atoms with Crippen molar-refractivity contribution in [3.8, 4) is 11.3 Å². The van der Waals surface area contributed by atoms with E-state index in [1.165, 1.54) is 11.3 Å². The molecule has 0 bridgehead atoms. The predicted molar refractivity (Wildman–Crippen MR) is 92.4 cm³/mol. The van der Waals surface area contributed by atoms with Crippen molar-refractivity contribution in [3.05, 3.63) is 65.2 Å². The van der Waals surface area contributed by atoms with Gasteiger partial charge in [0.2, 0.25) is 0 Å². The Bertz CT molecular complexity index is 906. The third-order valence-electron chi connectivity index (χ3n) is 4.70. The molecule has 1 aliphatic heterocycles. The van der Waals surface area contributed by atoms with Gasteiger partial charge >= 0.3 is 5.97 Å². The normalized spacial score (nSPS) is 15.2. The highest BCUT2D eigenvalue weighted by Gasteiger charge is 2.30. The van der Waals surface area contributed by atoms with Crippen molar-refractivity contribution in [2.24, 2.45) is 0 Å². The highest BCUT2D eigenvalue weighted by atomic mass is 16.4. The van der Waals surface area contributed by atoms with E-state index in [1.54, 1.807) is 18.2 Å². The maximum absolute atomic E-state index is 11.4. The fourth-order valence-corrected chi connectivity index (χ4v) is 3.36. The number of rotatable bonds is 5. The Morgan fingerprint density at radius 2 is 2.12 bits per heavy atom. The minimum Gasteiger partial charge on any atom is -0.478 e. The average molecular weight is 337 g/mol. The van der Waals surface area contributed by atoms with Gasteiger partial charge in [-0.2, -0.15) is 5.10 Å². The van der Waals surface area contributed by atoms with Gasteiger partial charge in [0.1, 0.15) is 11.5 Å². The summed E-state index contributed by atoms with van der Waals surface area (Å²) >= 11 is 0. The number of furan rings is 1. The molecular weight excluding hydrogens is 318 g/mol. The molecular formula is C19H19N3O3. The largest absolute Gasteiger partial charge is 0.478 e. The zero-order valence-electron chi connectivity index (χ0n) is 13.9.